The molecule has 0 aliphatic rings. The molecule has 0 spiro atoms. The van der Waals surface area contributed by atoms with E-state index in [1.807, 2.05) is 97.1 Å². The minimum absolute atomic E-state index is 0.593. The maximum absolute atomic E-state index is 6.37. The van der Waals surface area contributed by atoms with E-state index >= 15 is 0 Å². The van der Waals surface area contributed by atoms with Gasteiger partial charge >= 0.3 is 0 Å². The van der Waals surface area contributed by atoms with Gasteiger partial charge in [0.05, 0.1) is 0 Å². The third kappa shape index (κ3) is 4.67. The lowest BCUT2D eigenvalue weighted by Gasteiger charge is -2.14. The first-order valence-electron chi connectivity index (χ1n) is 16.6. The molecule has 234 valence electrons. The van der Waals surface area contributed by atoms with Gasteiger partial charge in [-0.05, 0) is 64.7 Å². The van der Waals surface area contributed by atoms with Gasteiger partial charge in [-0.3, -0.25) is 0 Å². The van der Waals surface area contributed by atoms with Gasteiger partial charge in [0.2, 0.25) is 0 Å². The Bertz CT molecular complexity index is 2810. The summed E-state index contributed by atoms with van der Waals surface area (Å²) in [6, 6.07) is 55.7. The quantitative estimate of drug-likeness (QED) is 0.187. The summed E-state index contributed by atoms with van der Waals surface area (Å²) in [6.45, 7) is 0. The summed E-state index contributed by atoms with van der Waals surface area (Å²) in [4.78, 5) is 15.2. The van der Waals surface area contributed by atoms with Crippen LogP contribution in [0.1, 0.15) is 0 Å². The Labute approximate surface area is 287 Å². The normalized spacial score (nSPS) is 11.6. The highest BCUT2D eigenvalue weighted by Crippen LogP contribution is 2.42. The van der Waals surface area contributed by atoms with Gasteiger partial charge in [0.15, 0.2) is 17.5 Å². The second-order valence-electron chi connectivity index (χ2n) is 12.4. The summed E-state index contributed by atoms with van der Waals surface area (Å²) < 4.78 is 12.6. The smallest absolute Gasteiger partial charge is 0.164 e. The number of nitrogens with zero attached hydrogens (tertiary/aromatic N) is 3. The van der Waals surface area contributed by atoms with Crippen molar-refractivity contribution in [2.75, 3.05) is 0 Å². The van der Waals surface area contributed by atoms with E-state index in [1.54, 1.807) is 0 Å². The molecule has 0 bridgehead atoms. The van der Waals surface area contributed by atoms with Crippen LogP contribution in [0.4, 0.5) is 0 Å². The van der Waals surface area contributed by atoms with E-state index < -0.39 is 0 Å². The Kier molecular flexibility index (Phi) is 6.42. The van der Waals surface area contributed by atoms with Gasteiger partial charge < -0.3 is 8.83 Å². The van der Waals surface area contributed by atoms with Gasteiger partial charge in [-0.2, -0.15) is 0 Å². The van der Waals surface area contributed by atoms with Crippen molar-refractivity contribution in [3.05, 3.63) is 164 Å². The molecule has 0 aliphatic heterocycles. The van der Waals surface area contributed by atoms with Crippen LogP contribution in [0.15, 0.2) is 173 Å². The van der Waals surface area contributed by atoms with Crippen molar-refractivity contribution in [3.8, 4) is 56.4 Å². The van der Waals surface area contributed by atoms with Crippen LogP contribution < -0.4 is 0 Å². The van der Waals surface area contributed by atoms with Crippen molar-refractivity contribution >= 4 is 43.9 Å². The molecule has 0 aliphatic carbocycles. The van der Waals surface area contributed by atoms with Gasteiger partial charge in [0.25, 0.3) is 0 Å². The zero-order valence-corrected chi connectivity index (χ0v) is 26.7. The molecule has 0 saturated carbocycles. The molecule has 0 N–H and O–H groups in total. The second-order valence-corrected chi connectivity index (χ2v) is 12.4. The average Bonchev–Trinajstić information content (AvgIpc) is 3.76. The summed E-state index contributed by atoms with van der Waals surface area (Å²) in [5, 5.41) is 4.35. The van der Waals surface area contributed by atoms with Gasteiger partial charge in [0, 0.05) is 38.2 Å². The Morgan fingerprint density at radius 1 is 0.300 bits per heavy atom. The molecular weight excluding hydrogens is 615 g/mol. The number of fused-ring (bicyclic) bond motifs is 6. The SMILES string of the molecule is c1ccc(-c2nc(-c3ccccc3)nc(-c3ccc(-c4cccc5oc6ccccc6c45)cc3-c3ccc4c(c3)oc3ccccc34)n2)cc1. The zero-order valence-electron chi connectivity index (χ0n) is 26.7. The topological polar surface area (TPSA) is 65.0 Å². The summed E-state index contributed by atoms with van der Waals surface area (Å²) in [6.07, 6.45) is 0. The zero-order chi connectivity index (χ0) is 33.0. The summed E-state index contributed by atoms with van der Waals surface area (Å²) in [5.41, 5.74) is 10.3. The Balaban J connectivity index is 1.24. The largest absolute Gasteiger partial charge is 0.456 e. The van der Waals surface area contributed by atoms with E-state index in [1.165, 1.54) is 0 Å². The van der Waals surface area contributed by atoms with Crippen LogP contribution >= 0.6 is 0 Å². The van der Waals surface area contributed by atoms with Gasteiger partial charge in [-0.15, -0.1) is 0 Å². The highest BCUT2D eigenvalue weighted by atomic mass is 16.3. The predicted molar refractivity (Wildman–Crippen MR) is 202 cm³/mol. The van der Waals surface area contributed by atoms with Gasteiger partial charge in [0.1, 0.15) is 22.3 Å². The van der Waals surface area contributed by atoms with E-state index in [0.717, 1.165) is 82.8 Å². The van der Waals surface area contributed by atoms with Crippen LogP contribution in [-0.4, -0.2) is 15.0 Å². The second kappa shape index (κ2) is 11.4. The highest BCUT2D eigenvalue weighted by molar-refractivity contribution is 6.13. The van der Waals surface area contributed by atoms with Crippen LogP contribution in [-0.2, 0) is 0 Å². The molecule has 3 aromatic heterocycles. The van der Waals surface area contributed by atoms with Crippen LogP contribution in [0.5, 0.6) is 0 Å². The van der Waals surface area contributed by atoms with Crippen molar-refractivity contribution in [2.45, 2.75) is 0 Å². The molecule has 10 rings (SSSR count). The first-order valence-corrected chi connectivity index (χ1v) is 16.6. The van der Waals surface area contributed by atoms with Crippen molar-refractivity contribution in [1.82, 2.24) is 15.0 Å². The third-order valence-corrected chi connectivity index (χ3v) is 9.36. The minimum atomic E-state index is 0.593. The molecule has 0 unspecified atom stereocenters. The fraction of sp³-hybridized carbons (Fsp3) is 0. The summed E-state index contributed by atoms with van der Waals surface area (Å²) >= 11 is 0. The first kappa shape index (κ1) is 28.2. The number of rotatable bonds is 5. The molecular formula is C45H27N3O2. The fourth-order valence-corrected chi connectivity index (χ4v) is 6.98. The summed E-state index contributed by atoms with van der Waals surface area (Å²) in [7, 11) is 0. The Morgan fingerprint density at radius 2 is 0.840 bits per heavy atom. The summed E-state index contributed by atoms with van der Waals surface area (Å²) in [5.74, 6) is 1.83. The van der Waals surface area contributed by atoms with Crippen molar-refractivity contribution in [2.24, 2.45) is 0 Å². The van der Waals surface area contributed by atoms with E-state index in [0.29, 0.717) is 17.5 Å². The maximum Gasteiger partial charge on any atom is 0.164 e. The lowest BCUT2D eigenvalue weighted by Crippen LogP contribution is -2.01. The average molecular weight is 642 g/mol. The van der Waals surface area contributed by atoms with Crippen LogP contribution in [0.2, 0.25) is 0 Å². The number of hydrogen-bond donors (Lipinski definition) is 0. The third-order valence-electron chi connectivity index (χ3n) is 9.36. The van der Waals surface area contributed by atoms with E-state index in [9.17, 15) is 0 Å². The molecule has 5 heteroatoms. The van der Waals surface area contributed by atoms with Gasteiger partial charge in [-0.25, -0.2) is 15.0 Å². The van der Waals surface area contributed by atoms with E-state index in [2.05, 4.69) is 66.7 Å². The minimum Gasteiger partial charge on any atom is -0.456 e. The maximum atomic E-state index is 6.37. The van der Waals surface area contributed by atoms with Crippen molar-refractivity contribution < 1.29 is 8.83 Å². The molecule has 10 aromatic rings. The fourth-order valence-electron chi connectivity index (χ4n) is 6.98. The molecule has 0 amide bonds. The number of benzene rings is 7. The van der Waals surface area contributed by atoms with E-state index in [-0.39, 0.29) is 0 Å². The number of aromatic nitrogens is 3. The molecule has 0 radical (unpaired) electrons. The Hall–Kier alpha value is -6.85. The van der Waals surface area contributed by atoms with Crippen molar-refractivity contribution in [3.63, 3.8) is 0 Å². The monoisotopic (exact) mass is 641 g/mol. The lowest BCUT2D eigenvalue weighted by molar-refractivity contribution is 0.668. The highest BCUT2D eigenvalue weighted by Gasteiger charge is 2.19. The van der Waals surface area contributed by atoms with Crippen molar-refractivity contribution in [1.29, 1.82) is 0 Å². The molecule has 3 heterocycles. The van der Waals surface area contributed by atoms with Crippen LogP contribution in [0.25, 0.3) is 100 Å². The molecule has 50 heavy (non-hydrogen) atoms. The first-order chi connectivity index (χ1) is 24.8. The van der Waals surface area contributed by atoms with Crippen LogP contribution in [0, 0.1) is 0 Å². The number of hydrogen-bond acceptors (Lipinski definition) is 5. The number of furan rings is 2. The molecule has 0 atom stereocenters. The predicted octanol–water partition coefficient (Wildman–Crippen LogP) is 12.0. The van der Waals surface area contributed by atoms with Gasteiger partial charge in [-0.1, -0.05) is 121 Å². The van der Waals surface area contributed by atoms with Crippen LogP contribution in [0.3, 0.4) is 0 Å². The van der Waals surface area contributed by atoms with E-state index in [4.69, 9.17) is 23.8 Å². The Morgan fingerprint density at radius 3 is 1.58 bits per heavy atom. The molecule has 0 fully saturated rings. The standard InChI is InChI=1S/C45H27N3O2/c1-3-12-28(13-4-1)43-46-44(29-14-5-2-6-15-29)48-45(47-43)35-25-23-30(32-18-11-21-40-42(32)36-17-8-10-20-39(36)49-40)26-37(35)31-22-24-34-33-16-7-9-19-38(33)50-41(34)27-31/h1-27H. The molecule has 0 saturated heterocycles. The lowest BCUT2D eigenvalue weighted by atomic mass is 9.92. The molecule has 7 aromatic carbocycles. The molecule has 5 nitrogen and oxygen atoms in total. The number of para-hydroxylation sites is 2.